The molecule has 0 aliphatic carbocycles. The Morgan fingerprint density at radius 2 is 1.81 bits per heavy atom. The summed E-state index contributed by atoms with van der Waals surface area (Å²) in [6.45, 7) is 2.72. The summed E-state index contributed by atoms with van der Waals surface area (Å²) in [5.41, 5.74) is 4.33. The topological polar surface area (TPSA) is 96.3 Å². The van der Waals surface area contributed by atoms with E-state index < -0.39 is 0 Å². The molecule has 3 heterocycles. The highest BCUT2D eigenvalue weighted by Gasteiger charge is 2.22. The van der Waals surface area contributed by atoms with E-state index >= 15 is 0 Å². The highest BCUT2D eigenvalue weighted by molar-refractivity contribution is 6.07. The molecule has 0 amide bonds. The van der Waals surface area contributed by atoms with Crippen molar-refractivity contribution in [2.75, 3.05) is 45.4 Å². The van der Waals surface area contributed by atoms with Crippen LogP contribution in [0.3, 0.4) is 0 Å². The van der Waals surface area contributed by atoms with Crippen molar-refractivity contribution in [2.24, 2.45) is 0 Å². The number of rotatable bonds is 7. The van der Waals surface area contributed by atoms with Gasteiger partial charge in [0.05, 0.1) is 26.0 Å². The minimum atomic E-state index is 0.400. The molecule has 1 aliphatic rings. The van der Waals surface area contributed by atoms with Gasteiger partial charge in [0.1, 0.15) is 11.4 Å². The average Bonchev–Trinajstić information content (AvgIpc) is 2.87. The summed E-state index contributed by atoms with van der Waals surface area (Å²) in [6.07, 6.45) is 6.93. The highest BCUT2D eigenvalue weighted by atomic mass is 16.5. The largest absolute Gasteiger partial charge is 0.492 e. The van der Waals surface area contributed by atoms with Crippen LogP contribution in [0.25, 0.3) is 22.5 Å². The molecule has 1 fully saturated rings. The number of ether oxygens (including phenoxy) is 2. The zero-order chi connectivity index (χ0) is 22.3. The first-order valence-corrected chi connectivity index (χ1v) is 10.4. The number of methoxy groups -OCH3 is 1. The summed E-state index contributed by atoms with van der Waals surface area (Å²) in [5, 5.41) is 11.3. The number of nitrogens with one attached hydrogen (secondary N) is 2. The normalized spacial score (nSPS) is 13.9. The van der Waals surface area contributed by atoms with Crippen LogP contribution in [0.15, 0.2) is 61.1 Å². The lowest BCUT2D eigenvalue weighted by Crippen LogP contribution is -2.37. The molecule has 1 aromatic carbocycles. The van der Waals surface area contributed by atoms with Crippen LogP contribution in [0.5, 0.6) is 5.75 Å². The molecule has 1 aliphatic heterocycles. The van der Waals surface area contributed by atoms with Crippen LogP contribution in [0.1, 0.15) is 5.56 Å². The molecule has 3 aromatic rings. The summed E-state index contributed by atoms with van der Waals surface area (Å²) in [5.74, 6) is 1.22. The Balaban J connectivity index is 1.87. The molecule has 4 rings (SSSR count). The van der Waals surface area contributed by atoms with Crippen molar-refractivity contribution in [3.05, 3.63) is 66.6 Å². The van der Waals surface area contributed by atoms with E-state index in [1.807, 2.05) is 36.4 Å². The average molecular weight is 431 g/mol. The van der Waals surface area contributed by atoms with Gasteiger partial charge in [0.2, 0.25) is 5.95 Å². The fourth-order valence-electron chi connectivity index (χ4n) is 3.53. The van der Waals surface area contributed by atoms with Crippen LogP contribution >= 0.6 is 0 Å². The summed E-state index contributed by atoms with van der Waals surface area (Å²) in [4.78, 5) is 16.0. The van der Waals surface area contributed by atoms with Crippen molar-refractivity contribution in [3.63, 3.8) is 0 Å². The number of aromatic nitrogens is 3. The van der Waals surface area contributed by atoms with Crippen LogP contribution in [0.4, 0.5) is 5.95 Å². The Morgan fingerprint density at radius 3 is 2.50 bits per heavy atom. The van der Waals surface area contributed by atoms with Crippen molar-refractivity contribution in [1.82, 2.24) is 20.3 Å². The molecular weight excluding hydrogens is 404 g/mol. The minimum absolute atomic E-state index is 0.400. The van der Waals surface area contributed by atoms with Crippen molar-refractivity contribution in [3.8, 4) is 28.3 Å². The first-order chi connectivity index (χ1) is 15.7. The van der Waals surface area contributed by atoms with Crippen molar-refractivity contribution in [2.45, 2.75) is 0 Å². The third-order valence-corrected chi connectivity index (χ3v) is 5.17. The molecular formula is C24H26N6O2. The fourth-order valence-corrected chi connectivity index (χ4v) is 3.53. The second-order valence-corrected chi connectivity index (χ2v) is 7.21. The third kappa shape index (κ3) is 4.60. The van der Waals surface area contributed by atoms with Crippen LogP contribution in [-0.2, 0) is 4.74 Å². The molecule has 0 radical (unpaired) electrons. The number of hydrogen-bond donors (Lipinski definition) is 2. The monoisotopic (exact) mass is 430 g/mol. The quantitative estimate of drug-likeness (QED) is 0.556. The molecule has 0 bridgehead atoms. The smallest absolute Gasteiger partial charge is 0.226 e. The Bertz CT molecular complexity index is 1110. The SMILES string of the molecule is CN/C=C\C(=N)c1cccc(-c2nc(N3CCOCC3)nc(-c3ccncc3)c2OC)c1. The van der Waals surface area contributed by atoms with Gasteiger partial charge in [-0.25, -0.2) is 9.97 Å². The lowest BCUT2D eigenvalue weighted by Gasteiger charge is -2.28. The third-order valence-electron chi connectivity index (χ3n) is 5.17. The standard InChI is InChI=1S/C24H26N6O2/c1-26-9-8-20(25)18-4-3-5-19(16-18)22-23(31-2)21(17-6-10-27-11-7-17)28-24(29-22)30-12-14-32-15-13-30/h3-11,16,25-26H,12-15H2,1-2H3/b9-8-,25-20?. The molecule has 0 saturated carbocycles. The first-order valence-electron chi connectivity index (χ1n) is 10.4. The van der Waals surface area contributed by atoms with E-state index in [9.17, 15) is 0 Å². The number of pyridine rings is 1. The molecule has 0 atom stereocenters. The van der Waals surface area contributed by atoms with Crippen molar-refractivity contribution in [1.29, 1.82) is 5.41 Å². The van der Waals surface area contributed by atoms with Crippen LogP contribution in [-0.4, -0.2) is 61.1 Å². The second kappa shape index (κ2) is 10.0. The molecule has 0 unspecified atom stereocenters. The van der Waals surface area contributed by atoms with Gasteiger partial charge in [-0.1, -0.05) is 18.2 Å². The number of benzene rings is 1. The van der Waals surface area contributed by atoms with Crippen LogP contribution in [0, 0.1) is 5.41 Å². The maximum Gasteiger partial charge on any atom is 0.226 e. The molecule has 164 valence electrons. The number of nitrogens with zero attached hydrogens (tertiary/aromatic N) is 4. The molecule has 0 spiro atoms. The van der Waals surface area contributed by atoms with Crippen LogP contribution in [0.2, 0.25) is 0 Å². The van der Waals surface area contributed by atoms with E-state index in [0.717, 1.165) is 29.8 Å². The maximum atomic E-state index is 8.35. The van der Waals surface area contributed by atoms with E-state index in [1.54, 1.807) is 38.8 Å². The minimum Gasteiger partial charge on any atom is -0.492 e. The Morgan fingerprint density at radius 1 is 1.09 bits per heavy atom. The van der Waals surface area contributed by atoms with Gasteiger partial charge in [-0.05, 0) is 30.5 Å². The van der Waals surface area contributed by atoms with Gasteiger partial charge in [-0.3, -0.25) is 4.98 Å². The first kappa shape index (κ1) is 21.5. The highest BCUT2D eigenvalue weighted by Crippen LogP contribution is 2.38. The molecule has 2 aromatic heterocycles. The van der Waals surface area contributed by atoms with Gasteiger partial charge >= 0.3 is 0 Å². The number of morpholine rings is 1. The lowest BCUT2D eigenvalue weighted by atomic mass is 10.0. The number of hydrogen-bond acceptors (Lipinski definition) is 8. The van der Waals surface area contributed by atoms with E-state index in [1.165, 1.54) is 0 Å². The maximum absolute atomic E-state index is 8.35. The Labute approximate surface area is 187 Å². The Hall–Kier alpha value is -3.78. The predicted octanol–water partition coefficient (Wildman–Crippen LogP) is 3.15. The van der Waals surface area contributed by atoms with E-state index in [2.05, 4.69) is 15.2 Å². The Kier molecular flexibility index (Phi) is 6.72. The zero-order valence-corrected chi connectivity index (χ0v) is 18.2. The molecule has 2 N–H and O–H groups in total. The summed E-state index contributed by atoms with van der Waals surface area (Å²) < 4.78 is 11.3. The number of anilines is 1. The number of allylic oxidation sites excluding steroid dienone is 1. The molecule has 8 nitrogen and oxygen atoms in total. The summed E-state index contributed by atoms with van der Waals surface area (Å²) in [7, 11) is 3.43. The van der Waals surface area contributed by atoms with Gasteiger partial charge in [-0.15, -0.1) is 0 Å². The van der Waals surface area contributed by atoms with E-state index in [4.69, 9.17) is 24.9 Å². The predicted molar refractivity (Wildman–Crippen MR) is 125 cm³/mol. The van der Waals surface area contributed by atoms with Crippen molar-refractivity contribution < 1.29 is 9.47 Å². The summed E-state index contributed by atoms with van der Waals surface area (Å²) >= 11 is 0. The molecule has 32 heavy (non-hydrogen) atoms. The fraction of sp³-hybridized carbons (Fsp3) is 0.250. The summed E-state index contributed by atoms with van der Waals surface area (Å²) in [6, 6.07) is 11.6. The van der Waals surface area contributed by atoms with Gasteiger partial charge in [-0.2, -0.15) is 0 Å². The zero-order valence-electron chi connectivity index (χ0n) is 18.2. The van der Waals surface area contributed by atoms with Gasteiger partial charge in [0.15, 0.2) is 5.75 Å². The van der Waals surface area contributed by atoms with Gasteiger partial charge < -0.3 is 25.1 Å². The second-order valence-electron chi connectivity index (χ2n) is 7.21. The van der Waals surface area contributed by atoms with E-state index in [0.29, 0.717) is 42.0 Å². The lowest BCUT2D eigenvalue weighted by molar-refractivity contribution is 0.122. The van der Waals surface area contributed by atoms with Crippen molar-refractivity contribution >= 4 is 11.7 Å². The van der Waals surface area contributed by atoms with Gasteiger partial charge in [0.25, 0.3) is 0 Å². The van der Waals surface area contributed by atoms with Gasteiger partial charge in [0, 0.05) is 49.2 Å². The molecule has 1 saturated heterocycles. The van der Waals surface area contributed by atoms with Crippen LogP contribution < -0.4 is 15.0 Å². The van der Waals surface area contributed by atoms with E-state index in [-0.39, 0.29) is 0 Å². The molecule has 8 heteroatoms.